The quantitative estimate of drug-likeness (QED) is 0.737. The Labute approximate surface area is 117 Å². The van der Waals surface area contributed by atoms with Crippen LogP contribution in [0.2, 0.25) is 0 Å². The van der Waals surface area contributed by atoms with Crippen molar-refractivity contribution in [2.75, 3.05) is 0 Å². The predicted molar refractivity (Wildman–Crippen MR) is 80.2 cm³/mol. The molecule has 3 rings (SSSR count). The first-order valence-electron chi connectivity index (χ1n) is 6.63. The second kappa shape index (κ2) is 4.34. The molecule has 2 heterocycles. The Morgan fingerprint density at radius 3 is 2.35 bits per heavy atom. The predicted octanol–water partition coefficient (Wildman–Crippen LogP) is 2.92. The molecule has 0 saturated heterocycles. The molecular formula is C16H17N3O. The minimum atomic E-state index is -0.107. The average Bonchev–Trinajstić information content (AvgIpc) is 2.72. The SMILES string of the molecule is Cc1cc(C)c(-c2cnn3c(=O)cc(C)[nH]c23)c(C)c1. The highest BCUT2D eigenvalue weighted by Gasteiger charge is 2.14. The molecule has 0 aliphatic carbocycles. The van der Waals surface area contributed by atoms with Crippen molar-refractivity contribution in [2.24, 2.45) is 0 Å². The van der Waals surface area contributed by atoms with Crippen molar-refractivity contribution < 1.29 is 0 Å². The molecule has 0 radical (unpaired) electrons. The maximum absolute atomic E-state index is 11.9. The third kappa shape index (κ3) is 1.84. The first-order valence-corrected chi connectivity index (χ1v) is 6.63. The molecule has 0 atom stereocenters. The molecule has 0 amide bonds. The molecule has 1 N–H and O–H groups in total. The van der Waals surface area contributed by atoms with Gasteiger partial charge >= 0.3 is 0 Å². The van der Waals surface area contributed by atoms with Crippen LogP contribution in [0.3, 0.4) is 0 Å². The highest BCUT2D eigenvalue weighted by Crippen LogP contribution is 2.30. The summed E-state index contributed by atoms with van der Waals surface area (Å²) in [5.74, 6) is 0. The number of nitrogens with one attached hydrogen (secondary N) is 1. The van der Waals surface area contributed by atoms with E-state index < -0.39 is 0 Å². The van der Waals surface area contributed by atoms with Crippen LogP contribution in [-0.4, -0.2) is 14.6 Å². The lowest BCUT2D eigenvalue weighted by molar-refractivity contribution is 0.890. The summed E-state index contributed by atoms with van der Waals surface area (Å²) in [6, 6.07) is 5.86. The Kier molecular flexibility index (Phi) is 2.74. The van der Waals surface area contributed by atoms with Gasteiger partial charge < -0.3 is 4.98 Å². The van der Waals surface area contributed by atoms with Crippen molar-refractivity contribution in [3.63, 3.8) is 0 Å². The summed E-state index contributed by atoms with van der Waals surface area (Å²) in [4.78, 5) is 15.2. The Hall–Kier alpha value is -2.36. The van der Waals surface area contributed by atoms with E-state index in [4.69, 9.17) is 0 Å². The molecule has 0 aliphatic rings. The van der Waals surface area contributed by atoms with Crippen LogP contribution in [-0.2, 0) is 0 Å². The fourth-order valence-electron chi connectivity index (χ4n) is 2.89. The molecule has 4 heteroatoms. The van der Waals surface area contributed by atoms with Crippen LogP contribution in [0.15, 0.2) is 29.2 Å². The highest BCUT2D eigenvalue weighted by atomic mass is 16.1. The summed E-state index contributed by atoms with van der Waals surface area (Å²) in [7, 11) is 0. The smallest absolute Gasteiger partial charge is 0.274 e. The van der Waals surface area contributed by atoms with E-state index in [0.29, 0.717) is 0 Å². The lowest BCUT2D eigenvalue weighted by Crippen LogP contribution is -2.14. The van der Waals surface area contributed by atoms with E-state index in [0.717, 1.165) is 22.5 Å². The van der Waals surface area contributed by atoms with Gasteiger partial charge in [0.2, 0.25) is 0 Å². The Morgan fingerprint density at radius 2 is 1.70 bits per heavy atom. The third-order valence-electron chi connectivity index (χ3n) is 3.58. The molecule has 0 spiro atoms. The molecule has 0 bridgehead atoms. The number of hydrogen-bond acceptors (Lipinski definition) is 2. The van der Waals surface area contributed by atoms with Crippen molar-refractivity contribution in [3.8, 4) is 11.1 Å². The van der Waals surface area contributed by atoms with Crippen LogP contribution < -0.4 is 5.56 Å². The molecule has 4 nitrogen and oxygen atoms in total. The monoisotopic (exact) mass is 267 g/mol. The standard InChI is InChI=1S/C16H17N3O/c1-9-5-10(2)15(11(3)6-9)13-8-17-19-14(20)7-12(4)18-16(13)19/h5-8,18H,1-4H3. The van der Waals surface area contributed by atoms with E-state index in [1.165, 1.54) is 21.2 Å². The molecule has 102 valence electrons. The first kappa shape index (κ1) is 12.7. The van der Waals surface area contributed by atoms with Gasteiger partial charge in [-0.2, -0.15) is 9.61 Å². The van der Waals surface area contributed by atoms with E-state index in [2.05, 4.69) is 43.0 Å². The first-order chi connectivity index (χ1) is 9.47. The van der Waals surface area contributed by atoms with Gasteiger partial charge in [-0.15, -0.1) is 0 Å². The number of rotatable bonds is 1. The molecule has 2 aromatic heterocycles. The summed E-state index contributed by atoms with van der Waals surface area (Å²) in [5, 5.41) is 4.21. The molecular weight excluding hydrogens is 250 g/mol. The van der Waals surface area contributed by atoms with Gasteiger partial charge in [-0.1, -0.05) is 17.7 Å². The van der Waals surface area contributed by atoms with Gasteiger partial charge in [0.1, 0.15) is 5.65 Å². The van der Waals surface area contributed by atoms with Crippen LogP contribution in [0.1, 0.15) is 22.4 Å². The Bertz CT molecular complexity index is 848. The fourth-order valence-corrected chi connectivity index (χ4v) is 2.89. The number of fused-ring (bicyclic) bond motifs is 1. The number of nitrogens with zero attached hydrogens (tertiary/aromatic N) is 2. The van der Waals surface area contributed by atoms with Crippen LogP contribution in [0, 0.1) is 27.7 Å². The van der Waals surface area contributed by atoms with Gasteiger partial charge in [0, 0.05) is 17.3 Å². The number of aryl methyl sites for hydroxylation is 4. The minimum Gasteiger partial charge on any atom is -0.343 e. The van der Waals surface area contributed by atoms with Crippen LogP contribution in [0.5, 0.6) is 0 Å². The molecule has 1 aromatic carbocycles. The van der Waals surface area contributed by atoms with Gasteiger partial charge in [-0.3, -0.25) is 4.79 Å². The summed E-state index contributed by atoms with van der Waals surface area (Å²) >= 11 is 0. The van der Waals surface area contributed by atoms with Crippen molar-refractivity contribution in [1.29, 1.82) is 0 Å². The van der Waals surface area contributed by atoms with Crippen LogP contribution in [0.25, 0.3) is 16.8 Å². The minimum absolute atomic E-state index is 0.107. The van der Waals surface area contributed by atoms with E-state index in [9.17, 15) is 4.79 Å². The van der Waals surface area contributed by atoms with E-state index in [1.807, 2.05) is 6.92 Å². The fraction of sp³-hybridized carbons (Fsp3) is 0.250. The lowest BCUT2D eigenvalue weighted by atomic mass is 9.95. The Morgan fingerprint density at radius 1 is 1.05 bits per heavy atom. The van der Waals surface area contributed by atoms with Crippen LogP contribution in [0.4, 0.5) is 0 Å². The maximum atomic E-state index is 11.9. The van der Waals surface area contributed by atoms with E-state index in [1.54, 1.807) is 12.3 Å². The van der Waals surface area contributed by atoms with Crippen molar-refractivity contribution in [3.05, 3.63) is 57.1 Å². The highest BCUT2D eigenvalue weighted by molar-refractivity contribution is 5.81. The van der Waals surface area contributed by atoms with E-state index >= 15 is 0 Å². The van der Waals surface area contributed by atoms with Gasteiger partial charge in [-0.25, -0.2) is 0 Å². The summed E-state index contributed by atoms with van der Waals surface area (Å²) in [5.41, 5.74) is 7.23. The average molecular weight is 267 g/mol. The summed E-state index contributed by atoms with van der Waals surface area (Å²) in [6.07, 6.45) is 1.76. The lowest BCUT2D eigenvalue weighted by Gasteiger charge is -2.10. The number of aromatic nitrogens is 3. The molecule has 0 saturated carbocycles. The largest absolute Gasteiger partial charge is 0.343 e. The van der Waals surface area contributed by atoms with Gasteiger partial charge in [0.05, 0.1) is 6.20 Å². The Balaban J connectivity index is 2.39. The third-order valence-corrected chi connectivity index (χ3v) is 3.58. The zero-order valence-corrected chi connectivity index (χ0v) is 12.1. The summed E-state index contributed by atoms with van der Waals surface area (Å²) in [6.45, 7) is 8.15. The van der Waals surface area contributed by atoms with Crippen molar-refractivity contribution in [2.45, 2.75) is 27.7 Å². The zero-order chi connectivity index (χ0) is 14.4. The molecule has 0 fully saturated rings. The number of H-pyrrole nitrogens is 1. The van der Waals surface area contributed by atoms with Gasteiger partial charge in [0.15, 0.2) is 0 Å². The second-order valence-electron chi connectivity index (χ2n) is 5.38. The molecule has 0 aliphatic heterocycles. The summed E-state index contributed by atoms with van der Waals surface area (Å²) < 4.78 is 1.42. The number of benzene rings is 1. The van der Waals surface area contributed by atoms with Gasteiger partial charge in [0.25, 0.3) is 5.56 Å². The van der Waals surface area contributed by atoms with Crippen molar-refractivity contribution >= 4 is 5.65 Å². The van der Waals surface area contributed by atoms with Crippen molar-refractivity contribution in [1.82, 2.24) is 14.6 Å². The maximum Gasteiger partial charge on any atom is 0.274 e. The normalized spacial score (nSPS) is 11.2. The second-order valence-corrected chi connectivity index (χ2v) is 5.38. The van der Waals surface area contributed by atoms with E-state index in [-0.39, 0.29) is 5.56 Å². The van der Waals surface area contributed by atoms with Crippen LogP contribution >= 0.6 is 0 Å². The van der Waals surface area contributed by atoms with Gasteiger partial charge in [-0.05, 0) is 44.4 Å². The molecule has 20 heavy (non-hydrogen) atoms. The number of aromatic amines is 1. The number of hydrogen-bond donors (Lipinski definition) is 1. The molecule has 3 aromatic rings. The molecule has 0 unspecified atom stereocenters. The zero-order valence-electron chi connectivity index (χ0n) is 12.1. The topological polar surface area (TPSA) is 50.2 Å².